The molecule has 1 N–H and O–H groups in total. The molecule has 0 heterocycles. The van der Waals surface area contributed by atoms with Crippen LogP contribution in [0.4, 0.5) is 5.69 Å². The predicted molar refractivity (Wildman–Crippen MR) is 107 cm³/mol. The van der Waals surface area contributed by atoms with Crippen molar-refractivity contribution in [1.82, 2.24) is 0 Å². The van der Waals surface area contributed by atoms with Crippen molar-refractivity contribution in [3.8, 4) is 5.75 Å². The van der Waals surface area contributed by atoms with Crippen molar-refractivity contribution in [2.75, 3.05) is 11.9 Å². The molecule has 1 aliphatic rings. The summed E-state index contributed by atoms with van der Waals surface area (Å²) in [6, 6.07) is 12.9. The van der Waals surface area contributed by atoms with E-state index in [0.717, 1.165) is 49.1 Å². The van der Waals surface area contributed by atoms with E-state index in [-0.39, 0.29) is 5.91 Å². The molecule has 2 aromatic carbocycles. The zero-order chi connectivity index (χ0) is 18.6. The second-order valence-electron chi connectivity index (χ2n) is 6.68. The van der Waals surface area contributed by atoms with E-state index in [0.29, 0.717) is 16.7 Å². The van der Waals surface area contributed by atoms with Gasteiger partial charge < -0.3 is 10.1 Å². The number of halogens is 2. The minimum atomic E-state index is -0.613. The second kappa shape index (κ2) is 8.32. The summed E-state index contributed by atoms with van der Waals surface area (Å²) in [4.78, 5) is 13.3. The summed E-state index contributed by atoms with van der Waals surface area (Å²) in [6.07, 6.45) is 4.74. The van der Waals surface area contributed by atoms with Crippen molar-refractivity contribution in [3.05, 3.63) is 58.1 Å². The number of anilines is 1. The zero-order valence-electron chi connectivity index (χ0n) is 14.9. The SMILES string of the molecule is CCOc1ccc(NC(=O)C2(c3ccc(Cl)cc3Cl)CCCCC2)cc1. The van der Waals surface area contributed by atoms with Crippen molar-refractivity contribution in [2.24, 2.45) is 0 Å². The molecule has 0 radical (unpaired) electrons. The van der Waals surface area contributed by atoms with Gasteiger partial charge in [0.25, 0.3) is 0 Å². The maximum Gasteiger partial charge on any atom is 0.235 e. The average molecular weight is 392 g/mol. The molecular formula is C21H23Cl2NO2. The Labute approximate surface area is 164 Å². The largest absolute Gasteiger partial charge is 0.494 e. The molecule has 1 fully saturated rings. The van der Waals surface area contributed by atoms with Gasteiger partial charge in [0.05, 0.1) is 12.0 Å². The van der Waals surface area contributed by atoms with E-state index < -0.39 is 5.41 Å². The molecule has 5 heteroatoms. The van der Waals surface area contributed by atoms with Crippen molar-refractivity contribution >= 4 is 34.8 Å². The highest BCUT2D eigenvalue weighted by molar-refractivity contribution is 6.35. The number of hydrogen-bond donors (Lipinski definition) is 1. The van der Waals surface area contributed by atoms with Gasteiger partial charge in [-0.15, -0.1) is 0 Å². The highest BCUT2D eigenvalue weighted by atomic mass is 35.5. The molecule has 0 saturated heterocycles. The van der Waals surface area contributed by atoms with Crippen LogP contribution in [-0.2, 0) is 10.2 Å². The third-order valence-electron chi connectivity index (χ3n) is 5.01. The number of rotatable bonds is 5. The van der Waals surface area contributed by atoms with Crippen molar-refractivity contribution in [2.45, 2.75) is 44.4 Å². The van der Waals surface area contributed by atoms with E-state index in [4.69, 9.17) is 27.9 Å². The Balaban J connectivity index is 1.88. The average Bonchev–Trinajstić information content (AvgIpc) is 2.64. The quantitative estimate of drug-likeness (QED) is 0.655. The van der Waals surface area contributed by atoms with Crippen LogP contribution in [0.15, 0.2) is 42.5 Å². The van der Waals surface area contributed by atoms with Crippen LogP contribution < -0.4 is 10.1 Å². The number of nitrogens with one attached hydrogen (secondary N) is 1. The van der Waals surface area contributed by atoms with Crippen molar-refractivity contribution < 1.29 is 9.53 Å². The van der Waals surface area contributed by atoms with E-state index in [1.165, 1.54) is 0 Å². The first-order chi connectivity index (χ1) is 12.5. The molecule has 26 heavy (non-hydrogen) atoms. The molecule has 0 aliphatic heterocycles. The molecule has 0 bridgehead atoms. The molecule has 1 amide bonds. The molecule has 0 aromatic heterocycles. The molecule has 2 aromatic rings. The Kier molecular flexibility index (Phi) is 6.10. The van der Waals surface area contributed by atoms with Gasteiger partial charge in [0, 0.05) is 15.7 Å². The third kappa shape index (κ3) is 3.99. The summed E-state index contributed by atoms with van der Waals surface area (Å²) in [7, 11) is 0. The first kappa shape index (κ1) is 19.1. The Hall–Kier alpha value is -1.71. The summed E-state index contributed by atoms with van der Waals surface area (Å²) in [5.41, 5.74) is 1.01. The summed E-state index contributed by atoms with van der Waals surface area (Å²) in [6.45, 7) is 2.56. The maximum atomic E-state index is 13.3. The number of carbonyl (C=O) groups is 1. The van der Waals surface area contributed by atoms with E-state index in [2.05, 4.69) is 5.32 Å². The smallest absolute Gasteiger partial charge is 0.235 e. The van der Waals surface area contributed by atoms with Gasteiger partial charge in [-0.2, -0.15) is 0 Å². The lowest BCUT2D eigenvalue weighted by molar-refractivity contribution is -0.122. The third-order valence-corrected chi connectivity index (χ3v) is 5.56. The van der Waals surface area contributed by atoms with Gasteiger partial charge in [-0.3, -0.25) is 4.79 Å². The van der Waals surface area contributed by atoms with Gasteiger partial charge in [-0.1, -0.05) is 48.5 Å². The van der Waals surface area contributed by atoms with Crippen LogP contribution in [0.5, 0.6) is 5.75 Å². The maximum absolute atomic E-state index is 13.3. The van der Waals surface area contributed by atoms with Crippen LogP contribution in [0, 0.1) is 0 Å². The molecule has 138 valence electrons. The number of benzene rings is 2. The first-order valence-electron chi connectivity index (χ1n) is 9.05. The molecule has 0 unspecified atom stereocenters. The highest BCUT2D eigenvalue weighted by Crippen LogP contribution is 2.43. The zero-order valence-corrected chi connectivity index (χ0v) is 16.4. The lowest BCUT2D eigenvalue weighted by Crippen LogP contribution is -2.42. The topological polar surface area (TPSA) is 38.3 Å². The fraction of sp³-hybridized carbons (Fsp3) is 0.381. The lowest BCUT2D eigenvalue weighted by atomic mass is 9.68. The first-order valence-corrected chi connectivity index (χ1v) is 9.80. The Morgan fingerprint density at radius 1 is 1.08 bits per heavy atom. The van der Waals surface area contributed by atoms with Crippen LogP contribution in [0.1, 0.15) is 44.6 Å². The number of carbonyl (C=O) groups excluding carboxylic acids is 1. The Bertz CT molecular complexity index is 768. The molecule has 0 atom stereocenters. The van der Waals surface area contributed by atoms with Crippen LogP contribution >= 0.6 is 23.2 Å². The Morgan fingerprint density at radius 3 is 2.38 bits per heavy atom. The van der Waals surface area contributed by atoms with E-state index in [9.17, 15) is 4.79 Å². The molecule has 1 saturated carbocycles. The number of ether oxygens (including phenoxy) is 1. The molecule has 3 nitrogen and oxygen atoms in total. The van der Waals surface area contributed by atoms with Gasteiger partial charge in [0.1, 0.15) is 5.75 Å². The number of hydrogen-bond acceptors (Lipinski definition) is 2. The minimum absolute atomic E-state index is 0.00872. The normalized spacial score (nSPS) is 16.1. The van der Waals surface area contributed by atoms with Gasteiger partial charge in [0.15, 0.2) is 0 Å². The fourth-order valence-corrected chi connectivity index (χ4v) is 4.29. The van der Waals surface area contributed by atoms with Crippen LogP contribution in [0.3, 0.4) is 0 Å². The lowest BCUT2D eigenvalue weighted by Gasteiger charge is -2.37. The van der Waals surface area contributed by atoms with Gasteiger partial charge in [-0.05, 0) is 61.7 Å². The summed E-state index contributed by atoms with van der Waals surface area (Å²) in [5.74, 6) is 0.782. The summed E-state index contributed by atoms with van der Waals surface area (Å²) >= 11 is 12.5. The Morgan fingerprint density at radius 2 is 1.77 bits per heavy atom. The second-order valence-corrected chi connectivity index (χ2v) is 7.52. The number of amides is 1. The molecule has 0 spiro atoms. The standard InChI is InChI=1S/C21H23Cl2NO2/c1-2-26-17-9-7-16(8-10-17)24-20(25)21(12-4-3-5-13-21)18-11-6-15(22)14-19(18)23/h6-11,14H,2-5,12-13H2,1H3,(H,24,25). The van der Waals surface area contributed by atoms with Gasteiger partial charge >= 0.3 is 0 Å². The molecule has 3 rings (SSSR count). The van der Waals surface area contributed by atoms with Gasteiger partial charge in [-0.25, -0.2) is 0 Å². The van der Waals surface area contributed by atoms with Crippen LogP contribution in [-0.4, -0.2) is 12.5 Å². The summed E-state index contributed by atoms with van der Waals surface area (Å²) in [5, 5.41) is 4.21. The van der Waals surface area contributed by atoms with Crippen molar-refractivity contribution in [1.29, 1.82) is 0 Å². The van der Waals surface area contributed by atoms with Crippen molar-refractivity contribution in [3.63, 3.8) is 0 Å². The minimum Gasteiger partial charge on any atom is -0.494 e. The summed E-state index contributed by atoms with van der Waals surface area (Å²) < 4.78 is 5.46. The van der Waals surface area contributed by atoms with Crippen LogP contribution in [0.25, 0.3) is 0 Å². The van der Waals surface area contributed by atoms with Gasteiger partial charge in [0.2, 0.25) is 5.91 Å². The predicted octanol–water partition coefficient (Wildman–Crippen LogP) is 6.23. The fourth-order valence-electron chi connectivity index (χ4n) is 3.70. The molecule has 1 aliphatic carbocycles. The van der Waals surface area contributed by atoms with E-state index >= 15 is 0 Å². The highest BCUT2D eigenvalue weighted by Gasteiger charge is 2.42. The van der Waals surface area contributed by atoms with Crippen LogP contribution in [0.2, 0.25) is 10.0 Å². The molecular weight excluding hydrogens is 369 g/mol. The van der Waals surface area contributed by atoms with E-state index in [1.54, 1.807) is 6.07 Å². The van der Waals surface area contributed by atoms with E-state index in [1.807, 2.05) is 43.3 Å². The monoisotopic (exact) mass is 391 g/mol.